The molecule has 3 heteroatoms. The van der Waals surface area contributed by atoms with E-state index in [0.717, 1.165) is 38.9 Å². The van der Waals surface area contributed by atoms with Crippen molar-refractivity contribution in [2.45, 2.75) is 79.2 Å². The van der Waals surface area contributed by atoms with E-state index in [0.29, 0.717) is 23.3 Å². The number of hydrogen-bond donors (Lipinski definition) is 1. The van der Waals surface area contributed by atoms with Crippen LogP contribution in [0.25, 0.3) is 0 Å². The van der Waals surface area contributed by atoms with Gasteiger partial charge in [0.25, 0.3) is 0 Å². The molecule has 1 N–H and O–H groups in total. The minimum Gasteiger partial charge on any atom is -0.343 e. The lowest BCUT2D eigenvalue weighted by atomic mass is 9.77. The summed E-state index contributed by atoms with van der Waals surface area (Å²) >= 11 is 0. The SMILES string of the molecule is CCNC(CC)CCCN1CCC(C(C)(C)C)CCC1=O. The van der Waals surface area contributed by atoms with Crippen molar-refractivity contribution in [2.24, 2.45) is 11.3 Å². The normalized spacial score (nSPS) is 22.2. The second kappa shape index (κ2) is 8.77. The number of nitrogens with one attached hydrogen (secondary N) is 1. The quantitative estimate of drug-likeness (QED) is 0.774. The molecule has 0 aliphatic carbocycles. The van der Waals surface area contributed by atoms with Gasteiger partial charge in [-0.3, -0.25) is 4.79 Å². The van der Waals surface area contributed by atoms with Crippen LogP contribution in [0.2, 0.25) is 0 Å². The molecule has 1 saturated heterocycles. The van der Waals surface area contributed by atoms with Gasteiger partial charge in [-0.1, -0.05) is 34.6 Å². The Labute approximate surface area is 131 Å². The highest BCUT2D eigenvalue weighted by Gasteiger charge is 2.29. The lowest BCUT2D eigenvalue weighted by molar-refractivity contribution is -0.130. The first-order chi connectivity index (χ1) is 9.88. The Morgan fingerprint density at radius 3 is 2.57 bits per heavy atom. The van der Waals surface area contributed by atoms with Crippen molar-refractivity contribution in [3.63, 3.8) is 0 Å². The second-order valence-corrected chi connectivity index (χ2v) is 7.58. The predicted octanol–water partition coefficient (Wildman–Crippen LogP) is 3.83. The zero-order valence-corrected chi connectivity index (χ0v) is 14.9. The summed E-state index contributed by atoms with van der Waals surface area (Å²) in [5, 5.41) is 3.52. The van der Waals surface area contributed by atoms with Crippen LogP contribution in [0.3, 0.4) is 0 Å². The molecule has 21 heavy (non-hydrogen) atoms. The van der Waals surface area contributed by atoms with E-state index in [-0.39, 0.29) is 0 Å². The molecule has 2 atom stereocenters. The molecule has 1 fully saturated rings. The van der Waals surface area contributed by atoms with Crippen molar-refractivity contribution in [3.05, 3.63) is 0 Å². The van der Waals surface area contributed by atoms with Crippen molar-refractivity contribution in [2.75, 3.05) is 19.6 Å². The van der Waals surface area contributed by atoms with Gasteiger partial charge in [-0.15, -0.1) is 0 Å². The standard InChI is InChI=1S/C18H36N2O/c1-6-16(19-7-2)9-8-13-20-14-12-15(18(3,4)5)10-11-17(20)21/h15-16,19H,6-14H2,1-5H3. The Hall–Kier alpha value is -0.570. The molecule has 0 aromatic heterocycles. The minimum atomic E-state index is 0.328. The molecule has 1 rings (SSSR count). The molecule has 1 amide bonds. The summed E-state index contributed by atoms with van der Waals surface area (Å²) in [6, 6.07) is 0.611. The van der Waals surface area contributed by atoms with E-state index in [2.05, 4.69) is 44.8 Å². The van der Waals surface area contributed by atoms with Crippen LogP contribution in [0.15, 0.2) is 0 Å². The van der Waals surface area contributed by atoms with Gasteiger partial charge < -0.3 is 10.2 Å². The van der Waals surface area contributed by atoms with Crippen LogP contribution in [0, 0.1) is 11.3 Å². The monoisotopic (exact) mass is 296 g/mol. The molecule has 1 aliphatic heterocycles. The second-order valence-electron chi connectivity index (χ2n) is 7.58. The van der Waals surface area contributed by atoms with E-state index < -0.39 is 0 Å². The van der Waals surface area contributed by atoms with Crippen LogP contribution >= 0.6 is 0 Å². The third-order valence-corrected chi connectivity index (χ3v) is 5.00. The topological polar surface area (TPSA) is 32.3 Å². The summed E-state index contributed by atoms with van der Waals surface area (Å²) in [5.74, 6) is 1.05. The average molecular weight is 296 g/mol. The fourth-order valence-corrected chi connectivity index (χ4v) is 3.41. The summed E-state index contributed by atoms with van der Waals surface area (Å²) in [6.45, 7) is 14.2. The van der Waals surface area contributed by atoms with E-state index in [4.69, 9.17) is 0 Å². The van der Waals surface area contributed by atoms with Gasteiger partial charge in [-0.25, -0.2) is 0 Å². The van der Waals surface area contributed by atoms with Crippen LogP contribution in [0.1, 0.15) is 73.1 Å². The van der Waals surface area contributed by atoms with Crippen molar-refractivity contribution < 1.29 is 4.79 Å². The highest BCUT2D eigenvalue weighted by Crippen LogP contribution is 2.34. The zero-order valence-electron chi connectivity index (χ0n) is 14.9. The first-order valence-electron chi connectivity index (χ1n) is 8.89. The molecule has 1 aliphatic rings. The van der Waals surface area contributed by atoms with Crippen molar-refractivity contribution in [3.8, 4) is 0 Å². The summed E-state index contributed by atoms with van der Waals surface area (Å²) in [4.78, 5) is 14.4. The maximum absolute atomic E-state index is 12.3. The number of nitrogens with zero attached hydrogens (tertiary/aromatic N) is 1. The molecule has 0 saturated carbocycles. The van der Waals surface area contributed by atoms with Gasteiger partial charge >= 0.3 is 0 Å². The lowest BCUT2D eigenvalue weighted by Crippen LogP contribution is -2.33. The van der Waals surface area contributed by atoms with Gasteiger partial charge in [0.15, 0.2) is 0 Å². The third kappa shape index (κ3) is 6.37. The molecule has 0 spiro atoms. The first-order valence-corrected chi connectivity index (χ1v) is 8.89. The number of carbonyl (C=O) groups excluding carboxylic acids is 1. The van der Waals surface area contributed by atoms with Crippen LogP contribution in [0.5, 0.6) is 0 Å². The van der Waals surface area contributed by atoms with Gasteiger partial charge in [-0.05, 0) is 50.0 Å². The van der Waals surface area contributed by atoms with E-state index in [9.17, 15) is 4.79 Å². The Bertz CT molecular complexity index is 309. The van der Waals surface area contributed by atoms with E-state index >= 15 is 0 Å². The van der Waals surface area contributed by atoms with E-state index in [1.165, 1.54) is 19.3 Å². The van der Waals surface area contributed by atoms with Gasteiger partial charge in [0.2, 0.25) is 5.91 Å². The first kappa shape index (κ1) is 18.5. The Morgan fingerprint density at radius 2 is 2.00 bits per heavy atom. The van der Waals surface area contributed by atoms with Crippen LogP contribution in [-0.2, 0) is 4.79 Å². The maximum Gasteiger partial charge on any atom is 0.222 e. The Balaban J connectivity index is 2.39. The number of hydrogen-bond acceptors (Lipinski definition) is 2. The predicted molar refractivity (Wildman–Crippen MR) is 90.4 cm³/mol. The highest BCUT2D eigenvalue weighted by atomic mass is 16.2. The lowest BCUT2D eigenvalue weighted by Gasteiger charge is -2.29. The number of likely N-dealkylation sites (tertiary alicyclic amines) is 1. The molecular weight excluding hydrogens is 260 g/mol. The largest absolute Gasteiger partial charge is 0.343 e. The minimum absolute atomic E-state index is 0.328. The van der Waals surface area contributed by atoms with Crippen LogP contribution in [0.4, 0.5) is 0 Å². The highest BCUT2D eigenvalue weighted by molar-refractivity contribution is 5.76. The van der Waals surface area contributed by atoms with Crippen LogP contribution < -0.4 is 5.32 Å². The number of amides is 1. The van der Waals surface area contributed by atoms with E-state index in [1.807, 2.05) is 0 Å². The summed E-state index contributed by atoms with van der Waals surface area (Å²) in [7, 11) is 0. The maximum atomic E-state index is 12.3. The van der Waals surface area contributed by atoms with Crippen molar-refractivity contribution in [1.82, 2.24) is 10.2 Å². The number of carbonyl (C=O) groups is 1. The molecule has 0 bridgehead atoms. The summed E-state index contributed by atoms with van der Waals surface area (Å²) in [5.41, 5.74) is 0.328. The van der Waals surface area contributed by atoms with Crippen molar-refractivity contribution >= 4 is 5.91 Å². The van der Waals surface area contributed by atoms with Gasteiger partial charge in [0, 0.05) is 25.6 Å². The van der Waals surface area contributed by atoms with Gasteiger partial charge in [0.1, 0.15) is 0 Å². The summed E-state index contributed by atoms with van der Waals surface area (Å²) in [6.07, 6.45) is 6.45. The Morgan fingerprint density at radius 1 is 1.29 bits per heavy atom. The van der Waals surface area contributed by atoms with Gasteiger partial charge in [-0.2, -0.15) is 0 Å². The smallest absolute Gasteiger partial charge is 0.222 e. The molecule has 0 radical (unpaired) electrons. The fourth-order valence-electron chi connectivity index (χ4n) is 3.41. The molecule has 2 unspecified atom stereocenters. The average Bonchev–Trinajstić information content (AvgIpc) is 2.60. The van der Waals surface area contributed by atoms with Crippen LogP contribution in [-0.4, -0.2) is 36.5 Å². The fraction of sp³-hybridized carbons (Fsp3) is 0.944. The molecule has 1 heterocycles. The summed E-state index contributed by atoms with van der Waals surface area (Å²) < 4.78 is 0. The number of rotatable bonds is 7. The molecular formula is C18H36N2O. The zero-order chi connectivity index (χ0) is 15.9. The molecule has 0 aromatic rings. The third-order valence-electron chi connectivity index (χ3n) is 5.00. The molecule has 0 aromatic carbocycles. The van der Waals surface area contributed by atoms with Gasteiger partial charge in [0.05, 0.1) is 0 Å². The molecule has 3 nitrogen and oxygen atoms in total. The molecule has 124 valence electrons. The Kier molecular flexibility index (Phi) is 7.72. The van der Waals surface area contributed by atoms with E-state index in [1.54, 1.807) is 0 Å². The van der Waals surface area contributed by atoms with Crippen molar-refractivity contribution in [1.29, 1.82) is 0 Å².